The minimum absolute atomic E-state index is 0.224. The predicted molar refractivity (Wildman–Crippen MR) is 92.2 cm³/mol. The molecule has 4 rings (SSSR count). The Morgan fingerprint density at radius 2 is 1.68 bits per heavy atom. The van der Waals surface area contributed by atoms with Gasteiger partial charge in [-0.2, -0.15) is 0 Å². The fraction of sp³-hybridized carbons (Fsp3) is 0.250. The molecular weight excluding hydrogens is 316 g/mol. The van der Waals surface area contributed by atoms with Crippen LogP contribution in [0.3, 0.4) is 0 Å². The van der Waals surface area contributed by atoms with Crippen LogP contribution in [0.15, 0.2) is 54.6 Å². The van der Waals surface area contributed by atoms with Crippen LogP contribution in [0.4, 0.5) is 4.79 Å². The van der Waals surface area contributed by atoms with Crippen molar-refractivity contribution in [2.45, 2.75) is 24.8 Å². The number of imide groups is 1. The van der Waals surface area contributed by atoms with Crippen LogP contribution in [0.2, 0.25) is 0 Å². The molecule has 2 aromatic rings. The Bertz CT molecular complexity index is 862. The molecule has 2 aliphatic rings. The highest BCUT2D eigenvalue weighted by molar-refractivity contribution is 6.11. The van der Waals surface area contributed by atoms with E-state index in [1.165, 1.54) is 5.56 Å². The van der Waals surface area contributed by atoms with Crippen molar-refractivity contribution in [2.75, 3.05) is 6.54 Å². The highest BCUT2D eigenvalue weighted by Crippen LogP contribution is 2.33. The first-order valence-electron chi connectivity index (χ1n) is 8.38. The van der Waals surface area contributed by atoms with Crippen LogP contribution in [0.5, 0.6) is 0 Å². The lowest BCUT2D eigenvalue weighted by Gasteiger charge is -2.32. The van der Waals surface area contributed by atoms with E-state index in [1.54, 1.807) is 24.3 Å². The number of carbonyl (C=O) groups excluding carboxylic acids is 3. The summed E-state index contributed by atoms with van der Waals surface area (Å²) in [7, 11) is 0. The third kappa shape index (κ3) is 2.61. The summed E-state index contributed by atoms with van der Waals surface area (Å²) in [5.41, 5.74) is 1.88. The molecular formula is C20H18N2O3. The number of hydrogen-bond donors (Lipinski definition) is 1. The number of amides is 3. The van der Waals surface area contributed by atoms with E-state index in [-0.39, 0.29) is 18.2 Å². The van der Waals surface area contributed by atoms with Crippen molar-refractivity contribution in [1.82, 2.24) is 10.2 Å². The normalized spacial score (nSPS) is 22.0. The molecule has 0 saturated carbocycles. The minimum atomic E-state index is -0.914. The number of urea groups is 1. The number of carbonyl (C=O) groups is 3. The van der Waals surface area contributed by atoms with Crippen molar-refractivity contribution in [3.05, 3.63) is 71.3 Å². The average Bonchev–Trinajstić information content (AvgIpc) is 2.86. The predicted octanol–water partition coefficient (Wildman–Crippen LogP) is 2.35. The van der Waals surface area contributed by atoms with E-state index in [4.69, 9.17) is 0 Å². The molecule has 1 atom stereocenters. The Labute approximate surface area is 145 Å². The van der Waals surface area contributed by atoms with Gasteiger partial charge in [-0.05, 0) is 24.0 Å². The molecule has 1 heterocycles. The lowest BCUT2D eigenvalue weighted by Crippen LogP contribution is -2.51. The van der Waals surface area contributed by atoms with E-state index >= 15 is 0 Å². The molecule has 3 amide bonds. The van der Waals surface area contributed by atoms with E-state index in [0.717, 1.165) is 16.9 Å². The maximum absolute atomic E-state index is 13.0. The van der Waals surface area contributed by atoms with Crippen LogP contribution in [0.1, 0.15) is 27.9 Å². The van der Waals surface area contributed by atoms with Crippen LogP contribution < -0.4 is 5.32 Å². The first-order valence-corrected chi connectivity index (χ1v) is 8.38. The zero-order valence-corrected chi connectivity index (χ0v) is 13.7. The number of nitrogens with zero attached hydrogens (tertiary/aromatic N) is 1. The summed E-state index contributed by atoms with van der Waals surface area (Å²) in [5, 5.41) is 2.85. The van der Waals surface area contributed by atoms with Gasteiger partial charge in [-0.15, -0.1) is 0 Å². The maximum atomic E-state index is 13.0. The first kappa shape index (κ1) is 15.6. The van der Waals surface area contributed by atoms with Gasteiger partial charge in [-0.1, -0.05) is 54.6 Å². The molecule has 2 aromatic carbocycles. The number of Topliss-reactive ketones (excluding diaryl/α,β-unsaturated/α-hetero) is 1. The van der Waals surface area contributed by atoms with Crippen molar-refractivity contribution in [1.29, 1.82) is 0 Å². The highest BCUT2D eigenvalue weighted by atomic mass is 16.2. The largest absolute Gasteiger partial charge is 0.325 e. The Morgan fingerprint density at radius 1 is 1.00 bits per heavy atom. The molecule has 1 unspecified atom stereocenters. The van der Waals surface area contributed by atoms with Crippen LogP contribution in [-0.4, -0.2) is 34.7 Å². The van der Waals surface area contributed by atoms with Gasteiger partial charge in [0.25, 0.3) is 5.91 Å². The Kier molecular flexibility index (Phi) is 3.64. The third-order valence-electron chi connectivity index (χ3n) is 5.08. The molecule has 25 heavy (non-hydrogen) atoms. The molecule has 5 nitrogen and oxygen atoms in total. The fourth-order valence-corrected chi connectivity index (χ4v) is 3.70. The summed E-state index contributed by atoms with van der Waals surface area (Å²) in [5.74, 6) is -0.534. The van der Waals surface area contributed by atoms with Crippen molar-refractivity contribution < 1.29 is 14.4 Å². The second-order valence-corrected chi connectivity index (χ2v) is 6.64. The van der Waals surface area contributed by atoms with Gasteiger partial charge >= 0.3 is 6.03 Å². The average molecular weight is 334 g/mol. The molecule has 1 N–H and O–H groups in total. The molecule has 5 heteroatoms. The quantitative estimate of drug-likeness (QED) is 0.692. The first-order chi connectivity index (χ1) is 12.1. The van der Waals surface area contributed by atoms with Gasteiger partial charge in [0.05, 0.1) is 6.54 Å². The van der Waals surface area contributed by atoms with E-state index in [1.807, 2.05) is 24.3 Å². The molecule has 0 radical (unpaired) electrons. The fourth-order valence-electron chi connectivity index (χ4n) is 3.70. The second kappa shape index (κ2) is 5.84. The van der Waals surface area contributed by atoms with Crippen LogP contribution in [-0.2, 0) is 17.6 Å². The van der Waals surface area contributed by atoms with E-state index in [0.29, 0.717) is 18.4 Å². The van der Waals surface area contributed by atoms with Gasteiger partial charge in [0.15, 0.2) is 5.78 Å². The molecule has 1 spiro atoms. The zero-order chi connectivity index (χ0) is 17.4. The number of fused-ring (bicyclic) bond motifs is 1. The standard InChI is InChI=1S/C20H18N2O3/c23-17(15-7-2-1-3-8-15)13-22-18(24)20(21-19(22)25)11-10-14-6-4-5-9-16(14)12-20/h1-9H,10-13H2,(H,21,25). The highest BCUT2D eigenvalue weighted by Gasteiger charge is 2.52. The number of ketones is 1. The Balaban J connectivity index is 1.56. The molecule has 1 aliphatic heterocycles. The second-order valence-electron chi connectivity index (χ2n) is 6.64. The van der Waals surface area contributed by atoms with Crippen LogP contribution in [0.25, 0.3) is 0 Å². The summed E-state index contributed by atoms with van der Waals surface area (Å²) >= 11 is 0. The van der Waals surface area contributed by atoms with Crippen molar-refractivity contribution in [3.8, 4) is 0 Å². The Morgan fingerprint density at radius 3 is 2.44 bits per heavy atom. The number of aryl methyl sites for hydroxylation is 1. The van der Waals surface area contributed by atoms with Crippen LogP contribution >= 0.6 is 0 Å². The number of hydrogen-bond acceptors (Lipinski definition) is 3. The maximum Gasteiger partial charge on any atom is 0.325 e. The van der Waals surface area contributed by atoms with Gasteiger partial charge in [-0.25, -0.2) is 4.79 Å². The number of benzene rings is 2. The summed E-state index contributed by atoms with van der Waals surface area (Å²) in [4.78, 5) is 38.8. The number of rotatable bonds is 3. The van der Waals surface area contributed by atoms with Gasteiger partial charge in [-0.3, -0.25) is 14.5 Å². The SMILES string of the molecule is O=C(CN1C(=O)NC2(CCc3ccccc3C2)C1=O)c1ccccc1. The summed E-state index contributed by atoms with van der Waals surface area (Å²) in [6.07, 6.45) is 1.77. The van der Waals surface area contributed by atoms with Gasteiger partial charge in [0.1, 0.15) is 5.54 Å². The molecule has 1 aliphatic carbocycles. The molecule has 0 bridgehead atoms. The van der Waals surface area contributed by atoms with E-state index in [9.17, 15) is 14.4 Å². The lowest BCUT2D eigenvalue weighted by molar-refractivity contribution is -0.131. The van der Waals surface area contributed by atoms with Gasteiger partial charge in [0.2, 0.25) is 0 Å². The molecule has 1 saturated heterocycles. The molecule has 1 fully saturated rings. The van der Waals surface area contributed by atoms with E-state index in [2.05, 4.69) is 11.4 Å². The van der Waals surface area contributed by atoms with Gasteiger partial charge < -0.3 is 5.32 Å². The Hall–Kier alpha value is -2.95. The van der Waals surface area contributed by atoms with Gasteiger partial charge in [0, 0.05) is 12.0 Å². The minimum Gasteiger partial charge on any atom is -0.323 e. The summed E-state index contributed by atoms with van der Waals surface area (Å²) in [6.45, 7) is -0.224. The summed E-state index contributed by atoms with van der Waals surface area (Å²) < 4.78 is 0. The monoisotopic (exact) mass is 334 g/mol. The van der Waals surface area contributed by atoms with E-state index < -0.39 is 11.6 Å². The zero-order valence-electron chi connectivity index (χ0n) is 13.7. The third-order valence-corrected chi connectivity index (χ3v) is 5.08. The summed E-state index contributed by atoms with van der Waals surface area (Å²) in [6, 6.07) is 16.2. The van der Waals surface area contributed by atoms with Crippen molar-refractivity contribution >= 4 is 17.7 Å². The smallest absolute Gasteiger partial charge is 0.323 e. The molecule has 126 valence electrons. The van der Waals surface area contributed by atoms with Crippen molar-refractivity contribution in [3.63, 3.8) is 0 Å². The lowest BCUT2D eigenvalue weighted by atomic mass is 9.78. The topological polar surface area (TPSA) is 66.5 Å². The number of nitrogens with one attached hydrogen (secondary N) is 1. The van der Waals surface area contributed by atoms with Crippen LogP contribution in [0, 0.1) is 0 Å². The molecule has 0 aromatic heterocycles. The van der Waals surface area contributed by atoms with Crippen molar-refractivity contribution in [2.24, 2.45) is 0 Å².